The molecular formula is C12H26ClN3O2. The molecule has 0 spiro atoms. The Labute approximate surface area is 116 Å². The Hall–Kier alpha value is -0.810. The monoisotopic (exact) mass is 279 g/mol. The van der Waals surface area contributed by atoms with E-state index in [4.69, 9.17) is 0 Å². The van der Waals surface area contributed by atoms with E-state index in [9.17, 15) is 9.59 Å². The number of nitrogens with one attached hydrogen (secondary N) is 3. The molecule has 0 saturated carbocycles. The van der Waals surface area contributed by atoms with Gasteiger partial charge in [0.1, 0.15) is 0 Å². The van der Waals surface area contributed by atoms with E-state index >= 15 is 0 Å². The minimum absolute atomic E-state index is 0. The largest absolute Gasteiger partial charge is 0.355 e. The van der Waals surface area contributed by atoms with Crippen molar-refractivity contribution in [1.82, 2.24) is 16.0 Å². The van der Waals surface area contributed by atoms with Gasteiger partial charge in [-0.1, -0.05) is 27.7 Å². The molecule has 6 heteroatoms. The number of hydrogen-bond donors (Lipinski definition) is 3. The van der Waals surface area contributed by atoms with E-state index in [2.05, 4.69) is 16.0 Å². The van der Waals surface area contributed by atoms with Crippen LogP contribution in [-0.2, 0) is 9.59 Å². The molecule has 0 fully saturated rings. The maximum absolute atomic E-state index is 11.5. The number of carbonyl (C=O) groups is 2. The molecule has 0 heterocycles. The highest BCUT2D eigenvalue weighted by molar-refractivity contribution is 5.85. The van der Waals surface area contributed by atoms with Gasteiger partial charge in [0.15, 0.2) is 0 Å². The van der Waals surface area contributed by atoms with Crippen molar-refractivity contribution in [2.75, 3.05) is 26.2 Å². The van der Waals surface area contributed by atoms with Crippen LogP contribution < -0.4 is 16.0 Å². The molecule has 0 atom stereocenters. The van der Waals surface area contributed by atoms with Crippen LogP contribution in [0.25, 0.3) is 0 Å². The van der Waals surface area contributed by atoms with Crippen molar-refractivity contribution < 1.29 is 9.59 Å². The first-order chi connectivity index (χ1) is 7.88. The van der Waals surface area contributed by atoms with Crippen LogP contribution in [0.4, 0.5) is 0 Å². The summed E-state index contributed by atoms with van der Waals surface area (Å²) in [5.74, 6) is -0.0601. The van der Waals surface area contributed by atoms with Gasteiger partial charge in [0.2, 0.25) is 11.8 Å². The smallest absolute Gasteiger partial charge is 0.225 e. The summed E-state index contributed by atoms with van der Waals surface area (Å²) in [6, 6.07) is 0. The Balaban J connectivity index is 0. The van der Waals surface area contributed by atoms with Crippen LogP contribution >= 0.6 is 12.4 Å². The van der Waals surface area contributed by atoms with Gasteiger partial charge in [-0.2, -0.15) is 0 Å². The molecule has 0 unspecified atom stereocenters. The van der Waals surface area contributed by atoms with Gasteiger partial charge in [-0.3, -0.25) is 9.59 Å². The highest BCUT2D eigenvalue weighted by atomic mass is 35.5. The maximum Gasteiger partial charge on any atom is 0.225 e. The van der Waals surface area contributed by atoms with Gasteiger partial charge in [-0.05, 0) is 6.54 Å². The number of rotatable bonds is 7. The molecule has 2 amide bonds. The summed E-state index contributed by atoms with van der Waals surface area (Å²) in [5, 5.41) is 8.63. The highest BCUT2D eigenvalue weighted by Gasteiger charge is 2.20. The molecular weight excluding hydrogens is 254 g/mol. The van der Waals surface area contributed by atoms with Crippen molar-refractivity contribution in [3.8, 4) is 0 Å². The lowest BCUT2D eigenvalue weighted by atomic mass is 9.96. The van der Waals surface area contributed by atoms with Crippen molar-refractivity contribution in [3.63, 3.8) is 0 Å². The SMILES string of the molecule is CCNCCNC(=O)CCNC(=O)C(C)(C)C.Cl. The summed E-state index contributed by atoms with van der Waals surface area (Å²) >= 11 is 0. The van der Waals surface area contributed by atoms with Gasteiger partial charge in [0.25, 0.3) is 0 Å². The minimum atomic E-state index is -0.401. The normalized spacial score (nSPS) is 10.4. The molecule has 0 aromatic rings. The molecule has 5 nitrogen and oxygen atoms in total. The summed E-state index contributed by atoms with van der Waals surface area (Å²) in [6.45, 7) is 10.2. The molecule has 0 aliphatic heterocycles. The number of halogens is 1. The van der Waals surface area contributed by atoms with Crippen molar-refractivity contribution >= 4 is 24.2 Å². The molecule has 0 rings (SSSR count). The van der Waals surface area contributed by atoms with Crippen molar-refractivity contribution in [1.29, 1.82) is 0 Å². The van der Waals surface area contributed by atoms with E-state index < -0.39 is 5.41 Å². The molecule has 0 aromatic carbocycles. The zero-order valence-electron chi connectivity index (χ0n) is 11.8. The van der Waals surface area contributed by atoms with Crippen LogP contribution in [0.2, 0.25) is 0 Å². The lowest BCUT2D eigenvalue weighted by molar-refractivity contribution is -0.128. The number of amides is 2. The number of likely N-dealkylation sites (N-methyl/N-ethyl adjacent to an activating group) is 1. The van der Waals surface area contributed by atoms with Crippen LogP contribution in [0, 0.1) is 5.41 Å². The van der Waals surface area contributed by atoms with E-state index in [1.54, 1.807) is 0 Å². The number of carbonyl (C=O) groups excluding carboxylic acids is 2. The Kier molecular flexibility index (Phi) is 11.0. The van der Waals surface area contributed by atoms with E-state index in [-0.39, 0.29) is 24.2 Å². The van der Waals surface area contributed by atoms with E-state index in [1.165, 1.54) is 0 Å². The summed E-state index contributed by atoms with van der Waals surface area (Å²) in [6.07, 6.45) is 0.327. The van der Waals surface area contributed by atoms with E-state index in [0.717, 1.165) is 13.1 Å². The molecule has 0 aromatic heterocycles. The molecule has 0 radical (unpaired) electrons. The minimum Gasteiger partial charge on any atom is -0.355 e. The average Bonchev–Trinajstić information content (AvgIpc) is 2.23. The Morgan fingerprint density at radius 1 is 1.00 bits per heavy atom. The highest BCUT2D eigenvalue weighted by Crippen LogP contribution is 2.11. The third-order valence-corrected chi connectivity index (χ3v) is 2.19. The van der Waals surface area contributed by atoms with Gasteiger partial charge in [0, 0.05) is 31.5 Å². The zero-order valence-corrected chi connectivity index (χ0v) is 12.6. The molecule has 0 aliphatic rings. The van der Waals surface area contributed by atoms with Crippen LogP contribution in [-0.4, -0.2) is 38.0 Å². The zero-order chi connectivity index (χ0) is 13.3. The van der Waals surface area contributed by atoms with E-state index in [0.29, 0.717) is 19.5 Å². The first kappa shape index (κ1) is 19.5. The second kappa shape index (κ2) is 10.1. The molecule has 0 aliphatic carbocycles. The van der Waals surface area contributed by atoms with Gasteiger partial charge in [-0.15, -0.1) is 12.4 Å². The van der Waals surface area contributed by atoms with Gasteiger partial charge in [-0.25, -0.2) is 0 Å². The second-order valence-electron chi connectivity index (χ2n) is 4.96. The Morgan fingerprint density at radius 2 is 1.61 bits per heavy atom. The fraction of sp³-hybridized carbons (Fsp3) is 0.833. The van der Waals surface area contributed by atoms with Crippen molar-refractivity contribution in [2.24, 2.45) is 5.41 Å². The first-order valence-corrected chi connectivity index (χ1v) is 6.13. The third-order valence-electron chi connectivity index (χ3n) is 2.19. The van der Waals surface area contributed by atoms with Gasteiger partial charge in [0.05, 0.1) is 0 Å². The first-order valence-electron chi connectivity index (χ1n) is 6.13. The predicted molar refractivity (Wildman–Crippen MR) is 75.9 cm³/mol. The fourth-order valence-electron chi connectivity index (χ4n) is 1.11. The van der Waals surface area contributed by atoms with Crippen molar-refractivity contribution in [2.45, 2.75) is 34.1 Å². The van der Waals surface area contributed by atoms with E-state index in [1.807, 2.05) is 27.7 Å². The topological polar surface area (TPSA) is 70.2 Å². The third kappa shape index (κ3) is 10.4. The van der Waals surface area contributed by atoms with Crippen LogP contribution in [0.5, 0.6) is 0 Å². The summed E-state index contributed by atoms with van der Waals surface area (Å²) < 4.78 is 0. The lowest BCUT2D eigenvalue weighted by Gasteiger charge is -2.17. The lowest BCUT2D eigenvalue weighted by Crippen LogP contribution is -2.38. The Bertz CT molecular complexity index is 252. The summed E-state index contributed by atoms with van der Waals surface area (Å²) in [5.41, 5.74) is -0.401. The quantitative estimate of drug-likeness (QED) is 0.601. The van der Waals surface area contributed by atoms with Crippen LogP contribution in [0.15, 0.2) is 0 Å². The molecule has 0 saturated heterocycles. The fourth-order valence-corrected chi connectivity index (χ4v) is 1.11. The molecule has 108 valence electrons. The van der Waals surface area contributed by atoms with Crippen molar-refractivity contribution in [3.05, 3.63) is 0 Å². The standard InChI is InChI=1S/C12H25N3O2.ClH/c1-5-13-8-9-14-10(16)6-7-15-11(17)12(2,3)4;/h13H,5-9H2,1-4H3,(H,14,16)(H,15,17);1H. The number of hydrogen-bond acceptors (Lipinski definition) is 3. The van der Waals surface area contributed by atoms with Gasteiger partial charge < -0.3 is 16.0 Å². The van der Waals surface area contributed by atoms with Crippen LogP contribution in [0.3, 0.4) is 0 Å². The van der Waals surface area contributed by atoms with Gasteiger partial charge >= 0.3 is 0 Å². The predicted octanol–water partition coefficient (Wildman–Crippen LogP) is 0.686. The molecule has 18 heavy (non-hydrogen) atoms. The summed E-state index contributed by atoms with van der Waals surface area (Å²) in [7, 11) is 0. The summed E-state index contributed by atoms with van der Waals surface area (Å²) in [4.78, 5) is 22.8. The molecule has 3 N–H and O–H groups in total. The molecule has 0 bridgehead atoms. The maximum atomic E-state index is 11.5. The second-order valence-corrected chi connectivity index (χ2v) is 4.96. The average molecular weight is 280 g/mol. The van der Waals surface area contributed by atoms with Crippen LogP contribution in [0.1, 0.15) is 34.1 Å². The Morgan fingerprint density at radius 3 is 2.11 bits per heavy atom.